The van der Waals surface area contributed by atoms with Crippen LogP contribution in [0.3, 0.4) is 0 Å². The van der Waals surface area contributed by atoms with E-state index in [1.165, 1.54) is 32.4 Å². The van der Waals surface area contributed by atoms with Crippen molar-refractivity contribution in [3.8, 4) is 0 Å². The first kappa shape index (κ1) is 14.3. The minimum absolute atomic E-state index is 0.177. The molecule has 2 heterocycles. The standard InChI is InChI=1S/C14H29N3O/c1-2-3-13-4-7-17(10-13)12-14(18)11-16-8-5-15-6-9-16/h13-15,18H,2-12H2,1H3. The number of hydrogen-bond donors (Lipinski definition) is 2. The molecule has 0 aromatic heterocycles. The van der Waals surface area contributed by atoms with Gasteiger partial charge in [0.25, 0.3) is 0 Å². The summed E-state index contributed by atoms with van der Waals surface area (Å²) in [7, 11) is 0. The van der Waals surface area contributed by atoms with Crippen LogP contribution >= 0.6 is 0 Å². The molecule has 2 fully saturated rings. The zero-order valence-corrected chi connectivity index (χ0v) is 11.8. The second kappa shape index (κ2) is 7.43. The average Bonchev–Trinajstić information content (AvgIpc) is 2.78. The zero-order valence-electron chi connectivity index (χ0n) is 11.8. The lowest BCUT2D eigenvalue weighted by Gasteiger charge is -2.30. The van der Waals surface area contributed by atoms with E-state index in [9.17, 15) is 5.11 Å². The maximum absolute atomic E-state index is 10.2. The summed E-state index contributed by atoms with van der Waals surface area (Å²) in [6.07, 6.45) is 3.80. The summed E-state index contributed by atoms with van der Waals surface area (Å²) in [4.78, 5) is 4.83. The van der Waals surface area contributed by atoms with E-state index < -0.39 is 0 Å². The predicted octanol–water partition coefficient (Wildman–Crippen LogP) is 0.375. The number of aliphatic hydroxyl groups excluding tert-OH is 1. The first-order chi connectivity index (χ1) is 8.78. The molecule has 4 heteroatoms. The van der Waals surface area contributed by atoms with E-state index in [1.54, 1.807) is 0 Å². The van der Waals surface area contributed by atoms with Crippen molar-refractivity contribution >= 4 is 0 Å². The minimum Gasteiger partial charge on any atom is -0.390 e. The molecule has 0 aliphatic carbocycles. The van der Waals surface area contributed by atoms with Gasteiger partial charge in [-0.2, -0.15) is 0 Å². The van der Waals surface area contributed by atoms with E-state index in [0.717, 1.165) is 45.2 Å². The van der Waals surface area contributed by atoms with Crippen LogP contribution in [0.1, 0.15) is 26.2 Å². The van der Waals surface area contributed by atoms with Crippen molar-refractivity contribution in [2.75, 3.05) is 52.4 Å². The van der Waals surface area contributed by atoms with Crippen LogP contribution in [-0.2, 0) is 0 Å². The van der Waals surface area contributed by atoms with Gasteiger partial charge in [0, 0.05) is 45.8 Å². The first-order valence-electron chi connectivity index (χ1n) is 7.61. The number of piperazine rings is 1. The Bertz CT molecular complexity index is 231. The van der Waals surface area contributed by atoms with Crippen molar-refractivity contribution in [3.05, 3.63) is 0 Å². The van der Waals surface area contributed by atoms with Gasteiger partial charge in [0.1, 0.15) is 0 Å². The summed E-state index contributed by atoms with van der Waals surface area (Å²) in [6.45, 7) is 10.6. The molecule has 0 aromatic carbocycles. The molecule has 2 aliphatic rings. The fraction of sp³-hybridized carbons (Fsp3) is 1.00. The summed E-state index contributed by atoms with van der Waals surface area (Å²) < 4.78 is 0. The summed E-state index contributed by atoms with van der Waals surface area (Å²) >= 11 is 0. The van der Waals surface area contributed by atoms with Gasteiger partial charge >= 0.3 is 0 Å². The van der Waals surface area contributed by atoms with Gasteiger partial charge < -0.3 is 15.3 Å². The molecule has 2 atom stereocenters. The Hall–Kier alpha value is -0.160. The van der Waals surface area contributed by atoms with Crippen molar-refractivity contribution in [3.63, 3.8) is 0 Å². The largest absolute Gasteiger partial charge is 0.390 e. The molecule has 0 bridgehead atoms. The van der Waals surface area contributed by atoms with E-state index in [0.29, 0.717) is 0 Å². The van der Waals surface area contributed by atoms with Crippen LogP contribution in [0, 0.1) is 5.92 Å². The van der Waals surface area contributed by atoms with E-state index in [-0.39, 0.29) is 6.10 Å². The van der Waals surface area contributed by atoms with Crippen LogP contribution in [-0.4, -0.2) is 73.4 Å². The van der Waals surface area contributed by atoms with Crippen LogP contribution in [0.15, 0.2) is 0 Å². The Morgan fingerprint density at radius 3 is 2.61 bits per heavy atom. The fourth-order valence-electron chi connectivity index (χ4n) is 3.27. The summed E-state index contributed by atoms with van der Waals surface area (Å²) in [5, 5.41) is 13.5. The Labute approximate surface area is 111 Å². The lowest BCUT2D eigenvalue weighted by molar-refractivity contribution is 0.0753. The monoisotopic (exact) mass is 255 g/mol. The van der Waals surface area contributed by atoms with E-state index in [2.05, 4.69) is 22.0 Å². The van der Waals surface area contributed by atoms with Crippen molar-refractivity contribution in [2.24, 2.45) is 5.92 Å². The highest BCUT2D eigenvalue weighted by molar-refractivity contribution is 4.79. The third-order valence-electron chi connectivity index (χ3n) is 4.21. The van der Waals surface area contributed by atoms with Crippen LogP contribution in [0.2, 0.25) is 0 Å². The summed E-state index contributed by atoms with van der Waals surface area (Å²) in [5.74, 6) is 0.876. The third-order valence-corrected chi connectivity index (χ3v) is 4.21. The number of aliphatic hydroxyl groups is 1. The highest BCUT2D eigenvalue weighted by Gasteiger charge is 2.24. The maximum Gasteiger partial charge on any atom is 0.0793 e. The maximum atomic E-state index is 10.2. The number of β-amino-alcohol motifs (C(OH)–C–C–N with tert-alkyl or cyclic N) is 1. The molecule has 106 valence electrons. The highest BCUT2D eigenvalue weighted by Crippen LogP contribution is 2.20. The fourth-order valence-corrected chi connectivity index (χ4v) is 3.27. The lowest BCUT2D eigenvalue weighted by Crippen LogP contribution is -2.48. The number of hydrogen-bond acceptors (Lipinski definition) is 4. The van der Waals surface area contributed by atoms with Crippen LogP contribution < -0.4 is 5.32 Å². The molecule has 2 rings (SSSR count). The molecule has 2 N–H and O–H groups in total. The second-order valence-electron chi connectivity index (χ2n) is 5.91. The van der Waals surface area contributed by atoms with Crippen molar-refractivity contribution in [1.29, 1.82) is 0 Å². The normalized spacial score (nSPS) is 28.7. The molecule has 2 saturated heterocycles. The SMILES string of the molecule is CCCC1CCN(CC(O)CN2CCNCC2)C1. The predicted molar refractivity (Wildman–Crippen MR) is 74.8 cm³/mol. The van der Waals surface area contributed by atoms with Crippen molar-refractivity contribution in [1.82, 2.24) is 15.1 Å². The van der Waals surface area contributed by atoms with Crippen LogP contribution in [0.4, 0.5) is 0 Å². The molecule has 0 spiro atoms. The molecule has 0 saturated carbocycles. The molecular formula is C14H29N3O. The molecule has 2 unspecified atom stereocenters. The Kier molecular flexibility index (Phi) is 5.89. The zero-order chi connectivity index (χ0) is 12.8. The molecule has 2 aliphatic heterocycles. The molecule has 18 heavy (non-hydrogen) atoms. The van der Waals surface area contributed by atoms with Gasteiger partial charge in [-0.25, -0.2) is 0 Å². The van der Waals surface area contributed by atoms with E-state index in [4.69, 9.17) is 0 Å². The van der Waals surface area contributed by atoms with E-state index in [1.807, 2.05) is 0 Å². The van der Waals surface area contributed by atoms with Gasteiger partial charge in [0.05, 0.1) is 6.10 Å². The van der Waals surface area contributed by atoms with Gasteiger partial charge in [-0.15, -0.1) is 0 Å². The lowest BCUT2D eigenvalue weighted by atomic mass is 10.0. The summed E-state index contributed by atoms with van der Waals surface area (Å²) in [5.41, 5.74) is 0. The van der Waals surface area contributed by atoms with Gasteiger partial charge in [-0.3, -0.25) is 4.90 Å². The van der Waals surface area contributed by atoms with Crippen LogP contribution in [0.5, 0.6) is 0 Å². The van der Waals surface area contributed by atoms with Gasteiger partial charge in [0.2, 0.25) is 0 Å². The second-order valence-corrected chi connectivity index (χ2v) is 5.91. The Balaban J connectivity index is 1.63. The minimum atomic E-state index is -0.177. The topological polar surface area (TPSA) is 38.7 Å². The van der Waals surface area contributed by atoms with Crippen molar-refractivity contribution in [2.45, 2.75) is 32.3 Å². The quantitative estimate of drug-likeness (QED) is 0.719. The smallest absolute Gasteiger partial charge is 0.0793 e. The first-order valence-corrected chi connectivity index (χ1v) is 7.61. The van der Waals surface area contributed by atoms with Crippen LogP contribution in [0.25, 0.3) is 0 Å². The van der Waals surface area contributed by atoms with Gasteiger partial charge in [-0.05, 0) is 25.3 Å². The molecular weight excluding hydrogens is 226 g/mol. The number of nitrogens with zero attached hydrogens (tertiary/aromatic N) is 2. The molecule has 0 amide bonds. The van der Waals surface area contributed by atoms with Gasteiger partial charge in [0.15, 0.2) is 0 Å². The number of rotatable bonds is 6. The average molecular weight is 255 g/mol. The number of likely N-dealkylation sites (tertiary alicyclic amines) is 1. The molecule has 4 nitrogen and oxygen atoms in total. The molecule has 0 aromatic rings. The summed E-state index contributed by atoms with van der Waals surface area (Å²) in [6, 6.07) is 0. The third kappa shape index (κ3) is 4.50. The van der Waals surface area contributed by atoms with E-state index >= 15 is 0 Å². The Morgan fingerprint density at radius 2 is 1.89 bits per heavy atom. The highest BCUT2D eigenvalue weighted by atomic mass is 16.3. The van der Waals surface area contributed by atoms with Crippen molar-refractivity contribution < 1.29 is 5.11 Å². The molecule has 0 radical (unpaired) electrons. The Morgan fingerprint density at radius 1 is 1.17 bits per heavy atom. The number of nitrogens with one attached hydrogen (secondary N) is 1. The van der Waals surface area contributed by atoms with Gasteiger partial charge in [-0.1, -0.05) is 13.3 Å².